The molecule has 0 spiro atoms. The van der Waals surface area contributed by atoms with Gasteiger partial charge < -0.3 is 19.7 Å². The fraction of sp³-hybridized carbons (Fsp3) is 0.409. The van der Waals surface area contributed by atoms with Crippen molar-refractivity contribution >= 4 is 11.8 Å². The third kappa shape index (κ3) is 4.50. The molecule has 0 saturated carbocycles. The van der Waals surface area contributed by atoms with Crippen molar-refractivity contribution in [1.82, 2.24) is 15.2 Å². The number of likely N-dealkylation sites (tertiary alicyclic amines) is 1. The van der Waals surface area contributed by atoms with Crippen LogP contribution in [0.25, 0.3) is 0 Å². The Bertz CT molecular complexity index is 872. The highest BCUT2D eigenvalue weighted by Crippen LogP contribution is 2.32. The lowest BCUT2D eigenvalue weighted by atomic mass is 9.97. The maximum absolute atomic E-state index is 12.9. The molecular formula is C22H27N3O4. The van der Waals surface area contributed by atoms with E-state index in [4.69, 9.17) is 9.47 Å². The zero-order valence-corrected chi connectivity index (χ0v) is 17.1. The number of aromatic nitrogens is 1. The summed E-state index contributed by atoms with van der Waals surface area (Å²) in [5.41, 5.74) is 1.08. The second kappa shape index (κ2) is 8.94. The van der Waals surface area contributed by atoms with Crippen LogP contribution in [-0.2, 0) is 22.6 Å². The Labute approximate surface area is 171 Å². The van der Waals surface area contributed by atoms with Crippen molar-refractivity contribution < 1.29 is 19.1 Å². The first-order valence-corrected chi connectivity index (χ1v) is 9.66. The summed E-state index contributed by atoms with van der Waals surface area (Å²) >= 11 is 0. The van der Waals surface area contributed by atoms with Crippen LogP contribution in [0.3, 0.4) is 0 Å². The van der Waals surface area contributed by atoms with Crippen molar-refractivity contribution in [2.24, 2.45) is 0 Å². The molecule has 2 heterocycles. The van der Waals surface area contributed by atoms with Crippen LogP contribution < -0.4 is 14.8 Å². The SMILES string of the molecule is COc1ccc(CCN2C(=O)CC[C@]2(C)C(=O)NCc2cccnc2)cc1OC. The molecule has 1 aromatic carbocycles. The lowest BCUT2D eigenvalue weighted by Gasteiger charge is -2.34. The summed E-state index contributed by atoms with van der Waals surface area (Å²) in [5.74, 6) is 1.17. The molecular weight excluding hydrogens is 370 g/mol. The van der Waals surface area contributed by atoms with Crippen LogP contribution in [0.4, 0.5) is 0 Å². The van der Waals surface area contributed by atoms with E-state index in [0.717, 1.165) is 11.1 Å². The number of benzene rings is 1. The fourth-order valence-corrected chi connectivity index (χ4v) is 3.66. The van der Waals surface area contributed by atoms with Gasteiger partial charge in [0.1, 0.15) is 5.54 Å². The molecule has 1 saturated heterocycles. The number of amides is 2. The third-order valence-corrected chi connectivity index (χ3v) is 5.46. The van der Waals surface area contributed by atoms with E-state index in [9.17, 15) is 9.59 Å². The maximum atomic E-state index is 12.9. The number of hydrogen-bond donors (Lipinski definition) is 1. The van der Waals surface area contributed by atoms with Gasteiger partial charge in [0, 0.05) is 31.9 Å². The molecule has 1 fully saturated rings. The highest BCUT2D eigenvalue weighted by Gasteiger charge is 2.46. The number of ether oxygens (including phenoxy) is 2. The summed E-state index contributed by atoms with van der Waals surface area (Å²) < 4.78 is 10.6. The van der Waals surface area contributed by atoms with E-state index in [1.807, 2.05) is 37.3 Å². The van der Waals surface area contributed by atoms with Crippen molar-refractivity contribution in [3.8, 4) is 11.5 Å². The Hall–Kier alpha value is -3.09. The number of carbonyl (C=O) groups excluding carboxylic acids is 2. The van der Waals surface area contributed by atoms with Crippen molar-refractivity contribution in [2.45, 2.75) is 38.3 Å². The van der Waals surface area contributed by atoms with Crippen molar-refractivity contribution in [2.75, 3.05) is 20.8 Å². The maximum Gasteiger partial charge on any atom is 0.245 e. The number of methoxy groups -OCH3 is 2. The molecule has 1 aromatic heterocycles. The quantitative estimate of drug-likeness (QED) is 0.740. The monoisotopic (exact) mass is 397 g/mol. The van der Waals surface area contributed by atoms with Crippen LogP contribution in [0.5, 0.6) is 11.5 Å². The first-order chi connectivity index (χ1) is 14.0. The minimum absolute atomic E-state index is 0.00417. The molecule has 2 amide bonds. The van der Waals surface area contributed by atoms with Gasteiger partial charge in [0.05, 0.1) is 14.2 Å². The van der Waals surface area contributed by atoms with Crippen LogP contribution in [-0.4, -0.2) is 48.0 Å². The Balaban J connectivity index is 1.67. The van der Waals surface area contributed by atoms with Gasteiger partial charge in [0.15, 0.2) is 11.5 Å². The highest BCUT2D eigenvalue weighted by atomic mass is 16.5. The van der Waals surface area contributed by atoms with Gasteiger partial charge in [-0.05, 0) is 49.1 Å². The second-order valence-electron chi connectivity index (χ2n) is 7.30. The molecule has 2 aromatic rings. The van der Waals surface area contributed by atoms with Gasteiger partial charge in [-0.2, -0.15) is 0 Å². The van der Waals surface area contributed by atoms with E-state index in [0.29, 0.717) is 43.9 Å². The lowest BCUT2D eigenvalue weighted by Crippen LogP contribution is -2.54. The number of pyridine rings is 1. The number of nitrogens with one attached hydrogen (secondary N) is 1. The largest absolute Gasteiger partial charge is 0.493 e. The minimum Gasteiger partial charge on any atom is -0.493 e. The van der Waals surface area contributed by atoms with E-state index in [1.54, 1.807) is 31.5 Å². The predicted octanol–water partition coefficient (Wildman–Crippen LogP) is 2.34. The molecule has 1 aliphatic rings. The first-order valence-electron chi connectivity index (χ1n) is 9.66. The standard InChI is InChI=1S/C22H27N3O4/c1-22(21(27)24-15-17-5-4-11-23-14-17)10-8-20(26)25(22)12-9-16-6-7-18(28-2)19(13-16)29-3/h4-7,11,13-14H,8-10,12,15H2,1-3H3,(H,24,27)/t22-/m1/s1. The number of nitrogens with zero attached hydrogens (tertiary/aromatic N) is 2. The normalized spacial score (nSPS) is 18.6. The number of carbonyl (C=O) groups is 2. The van der Waals surface area contributed by atoms with Gasteiger partial charge in [-0.15, -0.1) is 0 Å². The molecule has 7 nitrogen and oxygen atoms in total. The van der Waals surface area contributed by atoms with E-state index in [2.05, 4.69) is 10.3 Å². The zero-order valence-electron chi connectivity index (χ0n) is 17.1. The summed E-state index contributed by atoms with van der Waals surface area (Å²) in [7, 11) is 3.19. The smallest absolute Gasteiger partial charge is 0.245 e. The molecule has 7 heteroatoms. The van der Waals surface area contributed by atoms with Gasteiger partial charge in [-0.1, -0.05) is 12.1 Å². The number of rotatable bonds is 8. The second-order valence-corrected chi connectivity index (χ2v) is 7.30. The molecule has 29 heavy (non-hydrogen) atoms. The molecule has 3 rings (SSSR count). The van der Waals surface area contributed by atoms with Crippen LogP contribution in [0.2, 0.25) is 0 Å². The summed E-state index contributed by atoms with van der Waals surface area (Å²) in [5, 5.41) is 2.95. The lowest BCUT2D eigenvalue weighted by molar-refractivity contribution is -0.140. The third-order valence-electron chi connectivity index (χ3n) is 5.46. The van der Waals surface area contributed by atoms with Gasteiger partial charge in [0.2, 0.25) is 11.8 Å². The number of hydrogen-bond acceptors (Lipinski definition) is 5. The highest BCUT2D eigenvalue weighted by molar-refractivity contribution is 5.94. The van der Waals surface area contributed by atoms with Crippen molar-refractivity contribution in [3.63, 3.8) is 0 Å². The summed E-state index contributed by atoms with van der Waals surface area (Å²) in [6.45, 7) is 2.69. The van der Waals surface area contributed by atoms with Gasteiger partial charge in [-0.25, -0.2) is 0 Å². The minimum atomic E-state index is -0.851. The van der Waals surface area contributed by atoms with Gasteiger partial charge in [0.25, 0.3) is 0 Å². The van der Waals surface area contributed by atoms with E-state index in [1.165, 1.54) is 0 Å². The Morgan fingerprint density at radius 2 is 2.00 bits per heavy atom. The topological polar surface area (TPSA) is 80.8 Å². The van der Waals surface area contributed by atoms with Crippen LogP contribution in [0, 0.1) is 0 Å². The van der Waals surface area contributed by atoms with Crippen LogP contribution in [0.15, 0.2) is 42.7 Å². The van der Waals surface area contributed by atoms with E-state index < -0.39 is 5.54 Å². The Morgan fingerprint density at radius 3 is 2.69 bits per heavy atom. The molecule has 154 valence electrons. The summed E-state index contributed by atoms with van der Waals surface area (Å²) in [6.07, 6.45) is 4.92. The zero-order chi connectivity index (χ0) is 20.9. The van der Waals surface area contributed by atoms with Gasteiger partial charge >= 0.3 is 0 Å². The summed E-state index contributed by atoms with van der Waals surface area (Å²) in [4.78, 5) is 31.2. The molecule has 1 N–H and O–H groups in total. The van der Waals surface area contributed by atoms with E-state index >= 15 is 0 Å². The average Bonchev–Trinajstić information content (AvgIpc) is 3.05. The summed E-state index contributed by atoms with van der Waals surface area (Å²) in [6, 6.07) is 9.43. The molecule has 0 bridgehead atoms. The molecule has 0 radical (unpaired) electrons. The van der Waals surface area contributed by atoms with Crippen LogP contribution >= 0.6 is 0 Å². The molecule has 0 unspecified atom stereocenters. The molecule has 1 atom stereocenters. The average molecular weight is 397 g/mol. The van der Waals surface area contributed by atoms with Gasteiger partial charge in [-0.3, -0.25) is 14.6 Å². The van der Waals surface area contributed by atoms with E-state index in [-0.39, 0.29) is 11.8 Å². The first kappa shape index (κ1) is 20.6. The predicted molar refractivity (Wildman–Crippen MR) is 109 cm³/mol. The van der Waals surface area contributed by atoms with Crippen molar-refractivity contribution in [1.29, 1.82) is 0 Å². The molecule has 1 aliphatic heterocycles. The fourth-order valence-electron chi connectivity index (χ4n) is 3.66. The Kier molecular flexibility index (Phi) is 6.36. The van der Waals surface area contributed by atoms with Crippen LogP contribution in [0.1, 0.15) is 30.9 Å². The molecule has 0 aliphatic carbocycles. The Morgan fingerprint density at radius 1 is 1.21 bits per heavy atom. The van der Waals surface area contributed by atoms with Crippen molar-refractivity contribution in [3.05, 3.63) is 53.9 Å².